The van der Waals surface area contributed by atoms with Gasteiger partial charge in [-0.3, -0.25) is 0 Å². The lowest BCUT2D eigenvalue weighted by Crippen LogP contribution is -2.03. The van der Waals surface area contributed by atoms with Crippen molar-refractivity contribution in [2.75, 3.05) is 12.8 Å². The second kappa shape index (κ2) is 6.09. The fourth-order valence-corrected chi connectivity index (χ4v) is 2.03. The molecule has 0 aliphatic rings. The number of ether oxygens (including phenoxy) is 2. The van der Waals surface area contributed by atoms with Gasteiger partial charge in [0.2, 0.25) is 0 Å². The van der Waals surface area contributed by atoms with Gasteiger partial charge in [-0.15, -0.1) is 0 Å². The van der Waals surface area contributed by atoms with Gasteiger partial charge >= 0.3 is 0 Å². The number of halogens is 3. The van der Waals surface area contributed by atoms with Crippen LogP contribution in [0, 0.1) is 11.6 Å². The summed E-state index contributed by atoms with van der Waals surface area (Å²) < 4.78 is 37.8. The van der Waals surface area contributed by atoms with Gasteiger partial charge < -0.3 is 15.2 Å². The number of methoxy groups -OCH3 is 1. The highest BCUT2D eigenvalue weighted by Gasteiger charge is 2.13. The quantitative estimate of drug-likeness (QED) is 0.676. The molecule has 0 bridgehead atoms. The van der Waals surface area contributed by atoms with Crippen LogP contribution in [0.1, 0.15) is 5.56 Å². The summed E-state index contributed by atoms with van der Waals surface area (Å²) in [7, 11) is 1.50. The molecule has 0 radical (unpaired) electrons. The van der Waals surface area contributed by atoms with Crippen LogP contribution in [0.15, 0.2) is 34.8 Å². The maximum absolute atomic E-state index is 13.8. The van der Waals surface area contributed by atoms with Crippen molar-refractivity contribution in [1.82, 2.24) is 0 Å². The van der Waals surface area contributed by atoms with E-state index in [-0.39, 0.29) is 16.6 Å². The van der Waals surface area contributed by atoms with Crippen LogP contribution >= 0.6 is 15.9 Å². The van der Waals surface area contributed by atoms with E-state index >= 15 is 0 Å². The predicted octanol–water partition coefficient (Wildman–Crippen LogP) is 3.90. The summed E-state index contributed by atoms with van der Waals surface area (Å²) in [6.07, 6.45) is 0. The maximum Gasteiger partial charge on any atom is 0.146 e. The van der Waals surface area contributed by atoms with Crippen molar-refractivity contribution in [3.05, 3.63) is 52.0 Å². The summed E-state index contributed by atoms with van der Waals surface area (Å²) >= 11 is 3.00. The Kier molecular flexibility index (Phi) is 4.44. The summed E-state index contributed by atoms with van der Waals surface area (Å²) in [6, 6.07) is 7.25. The Morgan fingerprint density at radius 1 is 1.20 bits per heavy atom. The molecule has 0 atom stereocenters. The summed E-state index contributed by atoms with van der Waals surface area (Å²) in [4.78, 5) is 0. The molecule has 0 heterocycles. The third kappa shape index (κ3) is 3.01. The molecule has 6 heteroatoms. The van der Waals surface area contributed by atoms with Crippen molar-refractivity contribution in [2.24, 2.45) is 0 Å². The molecule has 2 N–H and O–H groups in total. The monoisotopic (exact) mass is 343 g/mol. The zero-order valence-corrected chi connectivity index (χ0v) is 12.2. The summed E-state index contributed by atoms with van der Waals surface area (Å²) in [5.41, 5.74) is 5.97. The minimum absolute atomic E-state index is 0.145. The van der Waals surface area contributed by atoms with E-state index in [9.17, 15) is 8.78 Å². The van der Waals surface area contributed by atoms with E-state index in [0.29, 0.717) is 17.2 Å². The van der Waals surface area contributed by atoms with Gasteiger partial charge in [-0.2, -0.15) is 0 Å². The Labute approximate surface area is 123 Å². The molecule has 0 unspecified atom stereocenters. The van der Waals surface area contributed by atoms with Crippen LogP contribution in [0.25, 0.3) is 0 Å². The number of rotatable bonds is 4. The molecule has 0 saturated heterocycles. The Morgan fingerprint density at radius 3 is 2.60 bits per heavy atom. The second-order valence-corrected chi connectivity index (χ2v) is 4.87. The zero-order valence-electron chi connectivity index (χ0n) is 10.6. The Morgan fingerprint density at radius 2 is 1.95 bits per heavy atom. The van der Waals surface area contributed by atoms with Gasteiger partial charge in [0, 0.05) is 6.07 Å². The number of hydrogen-bond acceptors (Lipinski definition) is 3. The minimum atomic E-state index is -0.675. The van der Waals surface area contributed by atoms with Crippen LogP contribution in [0.5, 0.6) is 11.5 Å². The molecular weight excluding hydrogens is 332 g/mol. The van der Waals surface area contributed by atoms with Gasteiger partial charge in [-0.25, -0.2) is 8.78 Å². The number of anilines is 1. The van der Waals surface area contributed by atoms with Gasteiger partial charge in [-0.1, -0.05) is 0 Å². The van der Waals surface area contributed by atoms with Crippen molar-refractivity contribution in [1.29, 1.82) is 0 Å². The molecule has 0 spiro atoms. The van der Waals surface area contributed by atoms with Gasteiger partial charge in [-0.05, 0) is 40.2 Å². The van der Waals surface area contributed by atoms with Crippen LogP contribution in [0.4, 0.5) is 14.5 Å². The highest BCUT2D eigenvalue weighted by atomic mass is 79.9. The Balaban J connectivity index is 2.17. The van der Waals surface area contributed by atoms with E-state index in [1.54, 1.807) is 12.1 Å². The fraction of sp³-hybridized carbons (Fsp3) is 0.143. The first-order valence-electron chi connectivity index (χ1n) is 5.71. The van der Waals surface area contributed by atoms with E-state index in [1.165, 1.54) is 25.3 Å². The lowest BCUT2D eigenvalue weighted by Gasteiger charge is -2.11. The molecule has 0 aliphatic heterocycles. The lowest BCUT2D eigenvalue weighted by molar-refractivity contribution is 0.292. The predicted molar refractivity (Wildman–Crippen MR) is 75.8 cm³/mol. The van der Waals surface area contributed by atoms with E-state index in [4.69, 9.17) is 15.2 Å². The molecule has 2 aromatic rings. The third-order valence-corrected chi connectivity index (χ3v) is 3.34. The normalized spacial score (nSPS) is 10.4. The molecule has 3 nitrogen and oxygen atoms in total. The van der Waals surface area contributed by atoms with Gasteiger partial charge in [0.15, 0.2) is 0 Å². The van der Waals surface area contributed by atoms with E-state index < -0.39 is 11.6 Å². The van der Waals surface area contributed by atoms with Crippen LogP contribution in [-0.4, -0.2) is 7.11 Å². The first-order chi connectivity index (χ1) is 9.52. The molecular formula is C14H12BrF2NO2. The summed E-state index contributed by atoms with van der Waals surface area (Å²) in [6.45, 7) is -0.233. The first kappa shape index (κ1) is 14.6. The second-order valence-electron chi connectivity index (χ2n) is 4.01. The molecule has 0 aliphatic carbocycles. The Hall–Kier alpha value is -1.82. The van der Waals surface area contributed by atoms with Crippen molar-refractivity contribution in [3.63, 3.8) is 0 Å². The molecule has 2 aromatic carbocycles. The van der Waals surface area contributed by atoms with E-state index in [2.05, 4.69) is 15.9 Å². The van der Waals surface area contributed by atoms with Crippen LogP contribution in [0.2, 0.25) is 0 Å². The molecule has 0 aromatic heterocycles. The van der Waals surface area contributed by atoms with Crippen LogP contribution in [0.3, 0.4) is 0 Å². The molecule has 0 saturated carbocycles. The number of nitrogens with two attached hydrogens (primary N) is 1. The van der Waals surface area contributed by atoms with Crippen molar-refractivity contribution in [2.45, 2.75) is 6.61 Å². The fourth-order valence-electron chi connectivity index (χ4n) is 1.66. The maximum atomic E-state index is 13.8. The number of benzene rings is 2. The minimum Gasteiger partial charge on any atom is -0.495 e. The standard InChI is InChI=1S/C14H12BrF2NO2/c1-19-13-5-2-8(6-12(13)18)20-7-9-11(16)4-3-10(15)14(9)17/h2-6H,7,18H2,1H3. The van der Waals surface area contributed by atoms with Crippen LogP contribution < -0.4 is 15.2 Å². The average Bonchev–Trinajstić information content (AvgIpc) is 2.43. The summed E-state index contributed by atoms with van der Waals surface area (Å²) in [5, 5.41) is 0. The number of nitrogen functional groups attached to an aromatic ring is 1. The molecule has 0 amide bonds. The molecule has 2 rings (SSSR count). The van der Waals surface area contributed by atoms with Gasteiger partial charge in [0.1, 0.15) is 29.7 Å². The topological polar surface area (TPSA) is 44.5 Å². The summed E-state index contributed by atoms with van der Waals surface area (Å²) in [5.74, 6) is -0.419. The highest BCUT2D eigenvalue weighted by Crippen LogP contribution is 2.28. The first-order valence-corrected chi connectivity index (χ1v) is 6.51. The Bertz CT molecular complexity index is 635. The molecule has 20 heavy (non-hydrogen) atoms. The smallest absolute Gasteiger partial charge is 0.146 e. The highest BCUT2D eigenvalue weighted by molar-refractivity contribution is 9.10. The zero-order chi connectivity index (χ0) is 14.7. The van der Waals surface area contributed by atoms with Crippen molar-refractivity contribution >= 4 is 21.6 Å². The van der Waals surface area contributed by atoms with Crippen molar-refractivity contribution in [3.8, 4) is 11.5 Å². The van der Waals surface area contributed by atoms with Crippen molar-refractivity contribution < 1.29 is 18.3 Å². The third-order valence-electron chi connectivity index (χ3n) is 2.72. The SMILES string of the molecule is COc1ccc(OCc2c(F)ccc(Br)c2F)cc1N. The molecule has 0 fully saturated rings. The number of hydrogen-bond donors (Lipinski definition) is 1. The molecule has 106 valence electrons. The average molecular weight is 344 g/mol. The van der Waals surface area contributed by atoms with Crippen LogP contribution in [-0.2, 0) is 6.61 Å². The van der Waals surface area contributed by atoms with E-state index in [0.717, 1.165) is 0 Å². The van der Waals surface area contributed by atoms with Gasteiger partial charge in [0.05, 0.1) is 22.8 Å². The lowest BCUT2D eigenvalue weighted by atomic mass is 10.2. The largest absolute Gasteiger partial charge is 0.495 e. The van der Waals surface area contributed by atoms with E-state index in [1.807, 2.05) is 0 Å². The van der Waals surface area contributed by atoms with Gasteiger partial charge in [0.25, 0.3) is 0 Å².